The third kappa shape index (κ3) is 15.4. The second-order valence-corrected chi connectivity index (χ2v) is 12.3. The minimum absolute atomic E-state index is 0.00772. The van der Waals surface area contributed by atoms with E-state index in [1.165, 1.54) is 19.1 Å². The number of esters is 2. The standard InChI is InChI=1S/C37H56O8/c1-4-16-33(44-27(3)38)20-14-11-7-9-13-19-29-24-32(41)26-35(42)36(29)37(43)45-34(17-5-2)21-15-10-6-8-12-18-28-22-30(39)25-31(40)23-28/h22-26,33-34,39-42H,4-21H2,1-3H3. The predicted molar refractivity (Wildman–Crippen MR) is 177 cm³/mol. The van der Waals surface area contributed by atoms with Gasteiger partial charge in [0.05, 0.1) is 0 Å². The van der Waals surface area contributed by atoms with Crippen LogP contribution >= 0.6 is 0 Å². The normalized spacial score (nSPS) is 12.5. The lowest BCUT2D eigenvalue weighted by atomic mass is 9.98. The Labute approximate surface area is 269 Å². The Bertz CT molecular complexity index is 1140. The van der Waals surface area contributed by atoms with Gasteiger partial charge in [-0.05, 0) is 93.5 Å². The lowest BCUT2D eigenvalue weighted by Gasteiger charge is -2.19. The van der Waals surface area contributed by atoms with E-state index in [1.54, 1.807) is 18.2 Å². The number of aromatic hydroxyl groups is 4. The Morgan fingerprint density at radius 1 is 0.600 bits per heavy atom. The maximum atomic E-state index is 13.3. The van der Waals surface area contributed by atoms with Gasteiger partial charge in [-0.25, -0.2) is 4.79 Å². The molecular weight excluding hydrogens is 572 g/mol. The quantitative estimate of drug-likeness (QED) is 0.0707. The number of phenolic OH excluding ortho intramolecular Hbond substituents is 4. The van der Waals surface area contributed by atoms with Crippen LogP contribution in [0.4, 0.5) is 0 Å². The van der Waals surface area contributed by atoms with Gasteiger partial charge >= 0.3 is 11.9 Å². The average Bonchev–Trinajstić information content (AvgIpc) is 2.95. The van der Waals surface area contributed by atoms with Crippen molar-refractivity contribution in [2.75, 3.05) is 0 Å². The summed E-state index contributed by atoms with van der Waals surface area (Å²) >= 11 is 0. The Morgan fingerprint density at radius 3 is 1.64 bits per heavy atom. The van der Waals surface area contributed by atoms with E-state index in [0.717, 1.165) is 115 Å². The van der Waals surface area contributed by atoms with E-state index in [0.29, 0.717) is 12.0 Å². The number of hydrogen-bond acceptors (Lipinski definition) is 8. The van der Waals surface area contributed by atoms with E-state index in [2.05, 4.69) is 13.8 Å². The first-order valence-electron chi connectivity index (χ1n) is 17.1. The molecule has 2 aromatic rings. The van der Waals surface area contributed by atoms with Gasteiger partial charge in [0.1, 0.15) is 40.8 Å². The number of aryl methyl sites for hydroxylation is 2. The summed E-state index contributed by atoms with van der Waals surface area (Å²) in [5, 5.41) is 40.0. The van der Waals surface area contributed by atoms with E-state index in [1.807, 2.05) is 0 Å². The topological polar surface area (TPSA) is 134 Å². The second-order valence-electron chi connectivity index (χ2n) is 12.3. The fourth-order valence-corrected chi connectivity index (χ4v) is 5.97. The van der Waals surface area contributed by atoms with E-state index in [4.69, 9.17) is 9.47 Å². The van der Waals surface area contributed by atoms with Crippen molar-refractivity contribution in [2.45, 2.75) is 149 Å². The van der Waals surface area contributed by atoms with E-state index >= 15 is 0 Å². The highest BCUT2D eigenvalue weighted by Crippen LogP contribution is 2.30. The maximum Gasteiger partial charge on any atom is 0.342 e. The van der Waals surface area contributed by atoms with Crippen LogP contribution in [0.25, 0.3) is 0 Å². The number of carbonyl (C=O) groups is 2. The molecule has 0 aliphatic rings. The monoisotopic (exact) mass is 628 g/mol. The van der Waals surface area contributed by atoms with Gasteiger partial charge in [0, 0.05) is 19.1 Å². The molecular formula is C37H56O8. The zero-order valence-electron chi connectivity index (χ0n) is 27.7. The summed E-state index contributed by atoms with van der Waals surface area (Å²) in [6.45, 7) is 5.60. The summed E-state index contributed by atoms with van der Waals surface area (Å²) < 4.78 is 11.3. The molecule has 252 valence electrons. The van der Waals surface area contributed by atoms with Crippen LogP contribution < -0.4 is 0 Å². The molecule has 0 saturated carbocycles. The summed E-state index contributed by atoms with van der Waals surface area (Å²) in [5.74, 6) is -0.931. The predicted octanol–water partition coefficient (Wildman–Crippen LogP) is 9.03. The first-order chi connectivity index (χ1) is 21.6. The van der Waals surface area contributed by atoms with Crippen molar-refractivity contribution in [1.29, 1.82) is 0 Å². The van der Waals surface area contributed by atoms with Gasteiger partial charge in [-0.15, -0.1) is 0 Å². The molecule has 0 saturated heterocycles. The molecule has 2 aromatic carbocycles. The van der Waals surface area contributed by atoms with Gasteiger partial charge in [0.15, 0.2) is 0 Å². The zero-order chi connectivity index (χ0) is 33.0. The van der Waals surface area contributed by atoms with Crippen LogP contribution in [0.2, 0.25) is 0 Å². The summed E-state index contributed by atoms with van der Waals surface area (Å²) in [7, 11) is 0. The van der Waals surface area contributed by atoms with Gasteiger partial charge in [-0.1, -0.05) is 65.2 Å². The van der Waals surface area contributed by atoms with Gasteiger partial charge in [-0.3, -0.25) is 4.79 Å². The average molecular weight is 629 g/mol. The molecule has 2 rings (SSSR count). The number of carbonyl (C=O) groups excluding carboxylic acids is 2. The smallest absolute Gasteiger partial charge is 0.342 e. The first-order valence-corrected chi connectivity index (χ1v) is 17.1. The molecule has 2 atom stereocenters. The maximum absolute atomic E-state index is 13.3. The number of unbranched alkanes of at least 4 members (excludes halogenated alkanes) is 8. The molecule has 0 aliphatic carbocycles. The summed E-state index contributed by atoms with van der Waals surface area (Å²) in [5.41, 5.74) is 1.68. The van der Waals surface area contributed by atoms with Crippen molar-refractivity contribution in [3.63, 3.8) is 0 Å². The van der Waals surface area contributed by atoms with E-state index < -0.39 is 5.97 Å². The van der Waals surface area contributed by atoms with Gasteiger partial charge in [0.2, 0.25) is 0 Å². The van der Waals surface area contributed by atoms with Crippen LogP contribution in [0.3, 0.4) is 0 Å². The minimum Gasteiger partial charge on any atom is -0.508 e. The number of benzene rings is 2. The molecule has 0 aliphatic heterocycles. The third-order valence-electron chi connectivity index (χ3n) is 8.14. The van der Waals surface area contributed by atoms with Crippen molar-refractivity contribution >= 4 is 11.9 Å². The molecule has 2 unspecified atom stereocenters. The van der Waals surface area contributed by atoms with Crippen LogP contribution in [0, 0.1) is 0 Å². The fourth-order valence-electron chi connectivity index (χ4n) is 5.97. The number of rotatable bonds is 23. The van der Waals surface area contributed by atoms with Gasteiger partial charge in [-0.2, -0.15) is 0 Å². The van der Waals surface area contributed by atoms with Crippen LogP contribution in [-0.4, -0.2) is 44.6 Å². The van der Waals surface area contributed by atoms with Crippen molar-refractivity contribution in [2.24, 2.45) is 0 Å². The molecule has 0 bridgehead atoms. The molecule has 4 N–H and O–H groups in total. The fraction of sp³-hybridized carbons (Fsp3) is 0.622. The molecule has 0 fully saturated rings. The third-order valence-corrected chi connectivity index (χ3v) is 8.14. The van der Waals surface area contributed by atoms with Crippen molar-refractivity contribution in [3.8, 4) is 23.0 Å². The lowest BCUT2D eigenvalue weighted by Crippen LogP contribution is -2.19. The number of hydrogen-bond donors (Lipinski definition) is 4. The summed E-state index contributed by atoms with van der Waals surface area (Å²) in [6.07, 6.45) is 16.0. The van der Waals surface area contributed by atoms with Crippen LogP contribution in [0.1, 0.15) is 145 Å². The largest absolute Gasteiger partial charge is 0.508 e. The second kappa shape index (κ2) is 21.3. The zero-order valence-corrected chi connectivity index (χ0v) is 27.7. The summed E-state index contributed by atoms with van der Waals surface area (Å²) in [4.78, 5) is 24.6. The Hall–Kier alpha value is -3.42. The Kier molecular flexibility index (Phi) is 17.9. The minimum atomic E-state index is -0.539. The van der Waals surface area contributed by atoms with Crippen molar-refractivity contribution in [1.82, 2.24) is 0 Å². The molecule has 0 heterocycles. The number of phenols is 4. The molecule has 8 nitrogen and oxygen atoms in total. The van der Waals surface area contributed by atoms with E-state index in [-0.39, 0.29) is 46.7 Å². The molecule has 0 spiro atoms. The highest BCUT2D eigenvalue weighted by molar-refractivity contribution is 5.94. The lowest BCUT2D eigenvalue weighted by molar-refractivity contribution is -0.147. The molecule has 8 heteroatoms. The summed E-state index contributed by atoms with van der Waals surface area (Å²) in [6, 6.07) is 7.44. The highest BCUT2D eigenvalue weighted by Gasteiger charge is 2.22. The van der Waals surface area contributed by atoms with Gasteiger partial charge in [0.25, 0.3) is 0 Å². The highest BCUT2D eigenvalue weighted by atomic mass is 16.5. The first kappa shape index (κ1) is 37.8. The molecule has 0 amide bonds. The van der Waals surface area contributed by atoms with E-state index in [9.17, 15) is 30.0 Å². The van der Waals surface area contributed by atoms with Crippen LogP contribution in [0.5, 0.6) is 23.0 Å². The number of ether oxygens (including phenoxy) is 2. The van der Waals surface area contributed by atoms with Crippen molar-refractivity contribution < 1.29 is 39.5 Å². The van der Waals surface area contributed by atoms with Crippen LogP contribution in [0.15, 0.2) is 30.3 Å². The SMILES string of the molecule is CCCC(CCCCCCCc1cc(O)cc(O)c1C(=O)OC(CCC)CCCCCCCc1cc(O)cc(O)c1)OC(C)=O. The van der Waals surface area contributed by atoms with Crippen molar-refractivity contribution in [3.05, 3.63) is 47.0 Å². The Morgan fingerprint density at radius 2 is 1.09 bits per heavy atom. The molecule has 45 heavy (non-hydrogen) atoms. The van der Waals surface area contributed by atoms with Gasteiger partial charge < -0.3 is 29.9 Å². The molecule has 0 radical (unpaired) electrons. The molecule has 0 aromatic heterocycles. The Balaban J connectivity index is 1.78. The van der Waals surface area contributed by atoms with Crippen LogP contribution in [-0.2, 0) is 27.1 Å².